The predicted molar refractivity (Wildman–Crippen MR) is 94.4 cm³/mol. The van der Waals surface area contributed by atoms with Crippen LogP contribution in [0.2, 0.25) is 0 Å². The number of nitrogens with two attached hydrogens (primary N) is 1. The highest BCUT2D eigenvalue weighted by Gasteiger charge is 2.27. The first-order valence-corrected chi connectivity index (χ1v) is 8.53. The van der Waals surface area contributed by atoms with Crippen LogP contribution < -0.4 is 11.1 Å². The molecular weight excluding hydrogens is 358 g/mol. The maximum Gasteiger partial charge on any atom is 0.404 e. The summed E-state index contributed by atoms with van der Waals surface area (Å²) in [6.45, 7) is 6.62. The van der Waals surface area contributed by atoms with Crippen molar-refractivity contribution in [3.05, 3.63) is 12.2 Å². The summed E-state index contributed by atoms with van der Waals surface area (Å²) in [5.41, 5.74) is 4.72. The van der Waals surface area contributed by atoms with Crippen molar-refractivity contribution in [2.45, 2.75) is 26.9 Å². The van der Waals surface area contributed by atoms with Crippen molar-refractivity contribution >= 4 is 23.8 Å². The van der Waals surface area contributed by atoms with Crippen LogP contribution in [0.4, 0.5) is 4.79 Å². The molecule has 10 nitrogen and oxygen atoms in total. The summed E-state index contributed by atoms with van der Waals surface area (Å²) in [6.07, 6.45) is 1.06. The molecule has 1 aliphatic rings. The lowest BCUT2D eigenvalue weighted by molar-refractivity contribution is -0.141. The highest BCUT2D eigenvalue weighted by molar-refractivity contribution is 6.14. The first-order valence-electron chi connectivity index (χ1n) is 8.53. The zero-order valence-corrected chi connectivity index (χ0v) is 15.9. The number of nitrogens with one attached hydrogen (secondary N) is 1. The van der Waals surface area contributed by atoms with E-state index in [2.05, 4.69) is 5.32 Å². The Hall–Kier alpha value is -2.46. The molecule has 1 unspecified atom stereocenters. The number of amides is 4. The average Bonchev–Trinajstić information content (AvgIpc) is 2.87. The molecule has 0 saturated carbocycles. The molecule has 0 fully saturated rings. The highest BCUT2D eigenvalue weighted by Crippen LogP contribution is 2.22. The highest BCUT2D eigenvalue weighted by atomic mass is 16.6. The molecule has 3 N–H and O–H groups in total. The minimum absolute atomic E-state index is 0.0533. The Morgan fingerprint density at radius 2 is 1.78 bits per heavy atom. The molecule has 0 bridgehead atoms. The summed E-state index contributed by atoms with van der Waals surface area (Å²) in [4.78, 5) is 45.9. The first kappa shape index (κ1) is 22.6. The van der Waals surface area contributed by atoms with Gasteiger partial charge in [0.25, 0.3) is 11.8 Å². The van der Waals surface area contributed by atoms with Crippen LogP contribution in [0, 0.1) is 5.41 Å². The van der Waals surface area contributed by atoms with E-state index >= 15 is 0 Å². The van der Waals surface area contributed by atoms with Gasteiger partial charge in [0.05, 0.1) is 25.9 Å². The van der Waals surface area contributed by atoms with Gasteiger partial charge in [-0.3, -0.25) is 19.3 Å². The summed E-state index contributed by atoms with van der Waals surface area (Å²) in [7, 11) is 0. The summed E-state index contributed by atoms with van der Waals surface area (Å²) in [5, 5.41) is 2.56. The van der Waals surface area contributed by atoms with Gasteiger partial charge in [-0.1, -0.05) is 20.8 Å². The van der Waals surface area contributed by atoms with E-state index in [-0.39, 0.29) is 51.0 Å². The normalized spacial score (nSPS) is 15.1. The van der Waals surface area contributed by atoms with E-state index in [1.54, 1.807) is 0 Å². The molecule has 0 saturated heterocycles. The maximum atomic E-state index is 11.7. The number of ether oxygens (including phenoxy) is 3. The molecule has 0 aromatic rings. The molecule has 27 heavy (non-hydrogen) atoms. The van der Waals surface area contributed by atoms with Crippen molar-refractivity contribution in [3.63, 3.8) is 0 Å². The Morgan fingerprint density at radius 3 is 2.33 bits per heavy atom. The molecule has 152 valence electrons. The van der Waals surface area contributed by atoms with Gasteiger partial charge >= 0.3 is 6.09 Å². The van der Waals surface area contributed by atoms with Crippen LogP contribution in [0.15, 0.2) is 12.2 Å². The lowest BCUT2D eigenvalue weighted by atomic mass is 9.89. The number of carbonyl (C=O) groups is 4. The number of rotatable bonds is 11. The standard InChI is InChI=1S/C17H27N3O7/c1-17(2,3)12(11-27-16(18)24)26-9-8-25-7-6-19-13(21)10-20-14(22)4-5-15(20)23/h4-5,12H,6-11H2,1-3H3,(H2,18,24)(H,19,21). The Morgan fingerprint density at radius 1 is 1.15 bits per heavy atom. The summed E-state index contributed by atoms with van der Waals surface area (Å²) < 4.78 is 15.8. The quantitative estimate of drug-likeness (QED) is 0.364. The Labute approximate surface area is 158 Å². The predicted octanol–water partition coefficient (Wildman–Crippen LogP) is -0.429. The molecule has 0 radical (unpaired) electrons. The van der Waals surface area contributed by atoms with Crippen LogP contribution in [0.1, 0.15) is 20.8 Å². The zero-order chi connectivity index (χ0) is 20.4. The lowest BCUT2D eigenvalue weighted by Crippen LogP contribution is -2.41. The molecule has 4 amide bonds. The van der Waals surface area contributed by atoms with Crippen LogP contribution in [0.5, 0.6) is 0 Å². The largest absolute Gasteiger partial charge is 0.447 e. The molecule has 10 heteroatoms. The Balaban J connectivity index is 2.13. The van der Waals surface area contributed by atoms with Crippen LogP contribution in [0.3, 0.4) is 0 Å². The fraction of sp³-hybridized carbons (Fsp3) is 0.647. The lowest BCUT2D eigenvalue weighted by Gasteiger charge is -2.30. The number of primary amides is 1. The van der Waals surface area contributed by atoms with Gasteiger partial charge in [-0.05, 0) is 5.41 Å². The van der Waals surface area contributed by atoms with Gasteiger partial charge in [0, 0.05) is 18.7 Å². The van der Waals surface area contributed by atoms with Gasteiger partial charge in [0.1, 0.15) is 13.2 Å². The molecular formula is C17H27N3O7. The van der Waals surface area contributed by atoms with Gasteiger partial charge in [0.2, 0.25) is 5.91 Å². The van der Waals surface area contributed by atoms with Crippen molar-refractivity contribution in [1.82, 2.24) is 10.2 Å². The maximum absolute atomic E-state index is 11.7. The minimum Gasteiger partial charge on any atom is -0.447 e. The van der Waals surface area contributed by atoms with Gasteiger partial charge in [-0.2, -0.15) is 0 Å². The second-order valence-corrected chi connectivity index (χ2v) is 6.91. The molecule has 1 rings (SSSR count). The van der Waals surface area contributed by atoms with E-state index in [1.807, 2.05) is 20.8 Å². The van der Waals surface area contributed by atoms with Crippen molar-refractivity contribution in [2.75, 3.05) is 39.5 Å². The fourth-order valence-electron chi connectivity index (χ4n) is 2.11. The van der Waals surface area contributed by atoms with Crippen LogP contribution in [-0.2, 0) is 28.6 Å². The van der Waals surface area contributed by atoms with E-state index < -0.39 is 23.8 Å². The summed E-state index contributed by atoms with van der Waals surface area (Å²) in [5.74, 6) is -1.45. The Bertz CT molecular complexity index is 566. The monoisotopic (exact) mass is 385 g/mol. The van der Waals surface area contributed by atoms with Gasteiger partial charge in [-0.15, -0.1) is 0 Å². The van der Waals surface area contributed by atoms with E-state index in [1.165, 1.54) is 0 Å². The fourth-order valence-corrected chi connectivity index (χ4v) is 2.11. The molecule has 0 aromatic carbocycles. The smallest absolute Gasteiger partial charge is 0.404 e. The molecule has 0 aromatic heterocycles. The third-order valence-corrected chi connectivity index (χ3v) is 3.66. The number of hydrogen-bond donors (Lipinski definition) is 2. The van der Waals surface area contributed by atoms with Crippen molar-refractivity contribution in [3.8, 4) is 0 Å². The van der Waals surface area contributed by atoms with Crippen molar-refractivity contribution in [1.29, 1.82) is 0 Å². The van der Waals surface area contributed by atoms with E-state index in [0.29, 0.717) is 0 Å². The average molecular weight is 385 g/mol. The van der Waals surface area contributed by atoms with Gasteiger partial charge in [0.15, 0.2) is 0 Å². The Kier molecular flexibility index (Phi) is 8.89. The summed E-state index contributed by atoms with van der Waals surface area (Å²) in [6, 6.07) is 0. The molecule has 0 aliphatic carbocycles. The second-order valence-electron chi connectivity index (χ2n) is 6.91. The van der Waals surface area contributed by atoms with Crippen molar-refractivity contribution in [2.24, 2.45) is 11.1 Å². The second kappa shape index (κ2) is 10.6. The molecule has 1 aliphatic heterocycles. The summed E-state index contributed by atoms with van der Waals surface area (Å²) >= 11 is 0. The van der Waals surface area contributed by atoms with Crippen LogP contribution >= 0.6 is 0 Å². The SMILES string of the molecule is CC(C)(C)C(COC(N)=O)OCCOCCNC(=O)CN1C(=O)C=CC1=O. The topological polar surface area (TPSA) is 137 Å². The number of imide groups is 1. The number of nitrogens with zero attached hydrogens (tertiary/aromatic N) is 1. The van der Waals surface area contributed by atoms with E-state index in [4.69, 9.17) is 19.9 Å². The van der Waals surface area contributed by atoms with Gasteiger partial charge < -0.3 is 25.3 Å². The van der Waals surface area contributed by atoms with E-state index in [0.717, 1.165) is 17.1 Å². The number of hydrogen-bond acceptors (Lipinski definition) is 7. The van der Waals surface area contributed by atoms with Crippen molar-refractivity contribution < 1.29 is 33.4 Å². The third-order valence-electron chi connectivity index (χ3n) is 3.66. The zero-order valence-electron chi connectivity index (χ0n) is 15.9. The van der Waals surface area contributed by atoms with E-state index in [9.17, 15) is 19.2 Å². The van der Waals surface area contributed by atoms with Crippen LogP contribution in [0.25, 0.3) is 0 Å². The first-order chi connectivity index (χ1) is 12.6. The number of carbonyl (C=O) groups excluding carboxylic acids is 4. The molecule has 1 heterocycles. The minimum atomic E-state index is -0.854. The third kappa shape index (κ3) is 8.65. The van der Waals surface area contributed by atoms with Gasteiger partial charge in [-0.25, -0.2) is 4.79 Å². The molecule has 1 atom stereocenters. The molecule has 0 spiro atoms. The van der Waals surface area contributed by atoms with Crippen LogP contribution in [-0.4, -0.2) is 74.3 Å².